The van der Waals surface area contributed by atoms with Crippen molar-refractivity contribution < 1.29 is 9.53 Å². The lowest BCUT2D eigenvalue weighted by atomic mass is 9.92. The molecule has 0 bridgehead atoms. The lowest BCUT2D eigenvalue weighted by molar-refractivity contribution is -0.177. The van der Waals surface area contributed by atoms with Crippen molar-refractivity contribution in [2.45, 2.75) is 32.8 Å². The van der Waals surface area contributed by atoms with Crippen LogP contribution < -0.4 is 0 Å². The molecule has 1 saturated heterocycles. The van der Waals surface area contributed by atoms with Crippen LogP contribution in [0.25, 0.3) is 0 Å². The molecule has 2 nitrogen and oxygen atoms in total. The van der Waals surface area contributed by atoms with Gasteiger partial charge in [-0.25, -0.2) is 0 Å². The fourth-order valence-electron chi connectivity index (χ4n) is 2.14. The quantitative estimate of drug-likeness (QED) is 0.478. The number of carbonyl (C=O) groups excluding carboxylic acids is 1. The molecular formula is C11H14O2. The largest absolute Gasteiger partial charge is 0.460 e. The van der Waals surface area contributed by atoms with Gasteiger partial charge in [-0.15, -0.1) is 0 Å². The van der Waals surface area contributed by atoms with Crippen LogP contribution in [0.2, 0.25) is 0 Å². The van der Waals surface area contributed by atoms with Crippen LogP contribution in [0.3, 0.4) is 0 Å². The molecule has 0 aromatic rings. The zero-order valence-corrected chi connectivity index (χ0v) is 8.04. The van der Waals surface area contributed by atoms with Gasteiger partial charge in [-0.1, -0.05) is 17.7 Å². The predicted molar refractivity (Wildman–Crippen MR) is 50.1 cm³/mol. The maximum Gasteiger partial charge on any atom is 0.317 e. The van der Waals surface area contributed by atoms with Gasteiger partial charge in [0.15, 0.2) is 0 Å². The van der Waals surface area contributed by atoms with E-state index in [9.17, 15) is 4.79 Å². The van der Waals surface area contributed by atoms with Crippen molar-refractivity contribution in [2.75, 3.05) is 0 Å². The Morgan fingerprint density at radius 3 is 3.00 bits per heavy atom. The lowest BCUT2D eigenvalue weighted by Crippen LogP contribution is -2.42. The van der Waals surface area contributed by atoms with Crippen LogP contribution >= 0.6 is 0 Å². The Morgan fingerprint density at radius 1 is 1.62 bits per heavy atom. The Labute approximate surface area is 78.3 Å². The molecule has 1 heterocycles. The van der Waals surface area contributed by atoms with E-state index in [2.05, 4.69) is 13.0 Å². The fourth-order valence-corrected chi connectivity index (χ4v) is 2.14. The van der Waals surface area contributed by atoms with Gasteiger partial charge < -0.3 is 4.74 Å². The Morgan fingerprint density at radius 2 is 2.38 bits per heavy atom. The Bertz CT molecular complexity index is 299. The average molecular weight is 178 g/mol. The maximum absolute atomic E-state index is 11.2. The van der Waals surface area contributed by atoms with E-state index in [1.807, 2.05) is 13.0 Å². The highest BCUT2D eigenvalue weighted by Gasteiger charge is 2.48. The van der Waals surface area contributed by atoms with Gasteiger partial charge in [0.1, 0.15) is 12.0 Å². The molecule has 70 valence electrons. The molecule has 2 atom stereocenters. The van der Waals surface area contributed by atoms with E-state index in [0.29, 0.717) is 0 Å². The molecule has 0 saturated carbocycles. The number of esters is 1. The van der Waals surface area contributed by atoms with Crippen LogP contribution in [-0.4, -0.2) is 12.1 Å². The number of carbonyl (C=O) groups is 1. The lowest BCUT2D eigenvalue weighted by Gasteiger charge is -2.31. The van der Waals surface area contributed by atoms with Gasteiger partial charge in [0, 0.05) is 6.42 Å². The molecular weight excluding hydrogens is 164 g/mol. The van der Waals surface area contributed by atoms with E-state index in [0.717, 1.165) is 12.8 Å². The first kappa shape index (κ1) is 8.54. The number of allylic oxidation sites excluding steroid dienone is 2. The van der Waals surface area contributed by atoms with Gasteiger partial charge in [0.05, 0.1) is 0 Å². The van der Waals surface area contributed by atoms with E-state index in [1.54, 1.807) is 0 Å². The first-order valence-corrected chi connectivity index (χ1v) is 4.74. The third kappa shape index (κ3) is 1.21. The first-order chi connectivity index (χ1) is 6.24. The Hall–Kier alpha value is -1.05. The molecule has 0 N–H and O–H groups in total. The smallest absolute Gasteiger partial charge is 0.317 e. The topological polar surface area (TPSA) is 26.3 Å². The highest BCUT2D eigenvalue weighted by Crippen LogP contribution is 2.43. The van der Waals surface area contributed by atoms with Gasteiger partial charge in [-0.2, -0.15) is 0 Å². The summed E-state index contributed by atoms with van der Waals surface area (Å²) in [5.74, 6) is 0.0672. The Kier molecular flexibility index (Phi) is 1.98. The summed E-state index contributed by atoms with van der Waals surface area (Å²) in [6.07, 6.45) is 6.17. The van der Waals surface area contributed by atoms with Crippen molar-refractivity contribution in [3.63, 3.8) is 0 Å². The molecule has 13 heavy (non-hydrogen) atoms. The highest BCUT2D eigenvalue weighted by atomic mass is 16.6. The van der Waals surface area contributed by atoms with E-state index in [1.165, 1.54) is 11.1 Å². The molecule has 1 aliphatic carbocycles. The summed E-state index contributed by atoms with van der Waals surface area (Å²) in [6.45, 7) is 4.11. The molecule has 1 aliphatic heterocycles. The summed E-state index contributed by atoms with van der Waals surface area (Å²) in [5, 5.41) is 0. The zero-order valence-electron chi connectivity index (χ0n) is 8.04. The third-order valence-corrected chi connectivity index (χ3v) is 2.90. The second kappa shape index (κ2) is 3.02. The van der Waals surface area contributed by atoms with Crippen LogP contribution in [0, 0.1) is 5.92 Å². The highest BCUT2D eigenvalue weighted by molar-refractivity contribution is 5.83. The summed E-state index contributed by atoms with van der Waals surface area (Å²) in [5.41, 5.74) is 2.64. The summed E-state index contributed by atoms with van der Waals surface area (Å²) < 4.78 is 5.04. The molecule has 0 aromatic heterocycles. The number of hydrogen-bond donors (Lipinski definition) is 0. The van der Waals surface area contributed by atoms with E-state index >= 15 is 0 Å². The first-order valence-electron chi connectivity index (χ1n) is 4.74. The van der Waals surface area contributed by atoms with Crippen molar-refractivity contribution in [1.29, 1.82) is 0 Å². The number of ether oxygens (including phenoxy) is 1. The van der Waals surface area contributed by atoms with Gasteiger partial charge >= 0.3 is 5.97 Å². The minimum atomic E-state index is -0.0265. The number of hydrogen-bond acceptors (Lipinski definition) is 2. The molecule has 2 rings (SSSR count). The molecule has 0 amide bonds. The van der Waals surface area contributed by atoms with Gasteiger partial charge in [0.25, 0.3) is 0 Å². The van der Waals surface area contributed by atoms with Crippen LogP contribution in [0.1, 0.15) is 26.7 Å². The predicted octanol–water partition coefficient (Wildman–Crippen LogP) is 2.21. The van der Waals surface area contributed by atoms with Crippen molar-refractivity contribution in [1.82, 2.24) is 0 Å². The van der Waals surface area contributed by atoms with Gasteiger partial charge in [-0.3, -0.25) is 4.79 Å². The minimum Gasteiger partial charge on any atom is -0.460 e. The number of fused-ring (bicyclic) bond motifs is 1. The van der Waals surface area contributed by atoms with E-state index < -0.39 is 0 Å². The molecule has 0 aromatic carbocycles. The Balaban J connectivity index is 2.14. The van der Waals surface area contributed by atoms with Crippen LogP contribution in [0.4, 0.5) is 0 Å². The zero-order chi connectivity index (χ0) is 9.42. The standard InChI is InChI=1S/C11H14O2/c1-3-4-5-8-7(2)6-9-10(8)11(12)13-9/h3-4,9-10H,5-6H2,1-2H3/b4-3+/t9-,10+/m1/s1. The average Bonchev–Trinajstić information content (AvgIpc) is 2.34. The number of rotatable bonds is 2. The van der Waals surface area contributed by atoms with Crippen LogP contribution in [0.15, 0.2) is 23.3 Å². The molecule has 2 heteroatoms. The van der Waals surface area contributed by atoms with E-state index in [4.69, 9.17) is 4.74 Å². The van der Waals surface area contributed by atoms with E-state index in [-0.39, 0.29) is 18.0 Å². The van der Waals surface area contributed by atoms with Crippen molar-refractivity contribution in [3.05, 3.63) is 23.3 Å². The molecule has 2 aliphatic rings. The maximum atomic E-state index is 11.2. The van der Waals surface area contributed by atoms with Crippen LogP contribution in [-0.2, 0) is 9.53 Å². The molecule has 0 radical (unpaired) electrons. The molecule has 0 spiro atoms. The normalized spacial score (nSPS) is 32.0. The SMILES string of the molecule is C/C=C/CC1=C(C)C[C@H]2OC(=O)[C@@H]12. The van der Waals surface area contributed by atoms with Crippen molar-refractivity contribution >= 4 is 5.97 Å². The van der Waals surface area contributed by atoms with Crippen LogP contribution in [0.5, 0.6) is 0 Å². The monoisotopic (exact) mass is 178 g/mol. The second-order valence-electron chi connectivity index (χ2n) is 3.74. The van der Waals surface area contributed by atoms with Gasteiger partial charge in [0.2, 0.25) is 0 Å². The third-order valence-electron chi connectivity index (χ3n) is 2.90. The summed E-state index contributed by atoms with van der Waals surface area (Å²) in [4.78, 5) is 11.2. The molecule has 1 fully saturated rings. The summed E-state index contributed by atoms with van der Waals surface area (Å²) in [6, 6.07) is 0. The minimum absolute atomic E-state index is 0.0265. The summed E-state index contributed by atoms with van der Waals surface area (Å²) in [7, 11) is 0. The van der Waals surface area contributed by atoms with Crippen molar-refractivity contribution in [3.8, 4) is 0 Å². The fraction of sp³-hybridized carbons (Fsp3) is 0.545. The molecule has 0 unspecified atom stereocenters. The van der Waals surface area contributed by atoms with Crippen molar-refractivity contribution in [2.24, 2.45) is 5.92 Å². The van der Waals surface area contributed by atoms with Gasteiger partial charge in [-0.05, 0) is 25.8 Å². The second-order valence-corrected chi connectivity index (χ2v) is 3.74. The summed E-state index contributed by atoms with van der Waals surface area (Å²) >= 11 is 0.